The fourth-order valence-electron chi connectivity index (χ4n) is 2.50. The van der Waals surface area contributed by atoms with Crippen LogP contribution in [0, 0.1) is 10.1 Å². The van der Waals surface area contributed by atoms with E-state index in [9.17, 15) is 26.9 Å². The second-order valence-electron chi connectivity index (χ2n) is 5.52. The molecule has 9 heteroatoms. The topological polar surface area (TPSA) is 111 Å². The maximum Gasteiger partial charge on any atom is 0.289 e. The highest BCUT2D eigenvalue weighted by Gasteiger charge is 2.30. The van der Waals surface area contributed by atoms with Gasteiger partial charge in [0.05, 0.1) is 19.6 Å². The van der Waals surface area contributed by atoms with Gasteiger partial charge in [0, 0.05) is 6.07 Å². The van der Waals surface area contributed by atoms with E-state index in [4.69, 9.17) is 0 Å². The largest absolute Gasteiger partial charge is 0.289 e. The van der Waals surface area contributed by atoms with Crippen molar-refractivity contribution in [2.75, 3.05) is 0 Å². The van der Waals surface area contributed by atoms with E-state index in [2.05, 4.69) is 0 Å². The summed E-state index contributed by atoms with van der Waals surface area (Å²) in [4.78, 5) is 9.48. The van der Waals surface area contributed by atoms with Crippen LogP contribution in [0.15, 0.2) is 98.4 Å². The summed E-state index contributed by atoms with van der Waals surface area (Å²) in [5.74, 6) is 0. The molecule has 0 aliphatic heterocycles. The number of hydrogen-bond donors (Lipinski definition) is 0. The lowest BCUT2D eigenvalue weighted by Gasteiger charge is -2.08. The quantitative estimate of drug-likeness (QED) is 0.477. The third kappa shape index (κ3) is 3.46. The fourth-order valence-corrected chi connectivity index (χ4v) is 5.22. The van der Waals surface area contributed by atoms with Crippen molar-refractivity contribution in [1.82, 2.24) is 0 Å². The van der Waals surface area contributed by atoms with Crippen LogP contribution in [0.4, 0.5) is 5.69 Å². The number of nitro benzene ring substituents is 1. The molecule has 0 N–H and O–H groups in total. The molecule has 0 heterocycles. The molecule has 7 nitrogen and oxygen atoms in total. The highest BCUT2D eigenvalue weighted by atomic mass is 32.2. The molecule has 0 radical (unpaired) electrons. The van der Waals surface area contributed by atoms with Gasteiger partial charge in [0.2, 0.25) is 19.7 Å². The van der Waals surface area contributed by atoms with Gasteiger partial charge in [0.25, 0.3) is 5.69 Å². The van der Waals surface area contributed by atoms with Crippen LogP contribution in [0.3, 0.4) is 0 Å². The number of hydrogen-bond acceptors (Lipinski definition) is 6. The first-order chi connectivity index (χ1) is 12.7. The van der Waals surface area contributed by atoms with Gasteiger partial charge >= 0.3 is 0 Å². The summed E-state index contributed by atoms with van der Waals surface area (Å²) in [6.07, 6.45) is 0. The van der Waals surface area contributed by atoms with Gasteiger partial charge in [-0.2, -0.15) is 0 Å². The fraction of sp³-hybridized carbons (Fsp3) is 0. The van der Waals surface area contributed by atoms with Gasteiger partial charge in [-0.1, -0.05) is 36.4 Å². The van der Waals surface area contributed by atoms with Crippen molar-refractivity contribution in [3.63, 3.8) is 0 Å². The average molecular weight is 403 g/mol. The van der Waals surface area contributed by atoms with E-state index in [1.807, 2.05) is 0 Å². The third-order valence-electron chi connectivity index (χ3n) is 3.83. The molecular weight excluding hydrogens is 390 g/mol. The summed E-state index contributed by atoms with van der Waals surface area (Å²) < 4.78 is 50.8. The first kappa shape index (κ1) is 18.7. The Bertz CT molecular complexity index is 1210. The standard InChI is InChI=1S/C18H13NO6S2/c20-19(21)17-13-16(26(22,23)14-7-3-1-4-8-14)11-12-18(17)27(24,25)15-9-5-2-6-10-15/h1-13H. The molecule has 0 saturated heterocycles. The van der Waals surface area contributed by atoms with Crippen LogP contribution in [0.5, 0.6) is 0 Å². The zero-order valence-electron chi connectivity index (χ0n) is 13.7. The molecule has 0 aliphatic carbocycles. The van der Waals surface area contributed by atoms with Crippen LogP contribution in [0.1, 0.15) is 0 Å². The minimum absolute atomic E-state index is 0.0436. The van der Waals surface area contributed by atoms with Crippen LogP contribution in [-0.4, -0.2) is 21.8 Å². The number of sulfone groups is 2. The van der Waals surface area contributed by atoms with E-state index >= 15 is 0 Å². The summed E-state index contributed by atoms with van der Waals surface area (Å²) in [5.41, 5.74) is -0.796. The lowest BCUT2D eigenvalue weighted by molar-refractivity contribution is -0.388. The van der Waals surface area contributed by atoms with Crippen LogP contribution in [-0.2, 0) is 19.7 Å². The molecule has 3 aromatic carbocycles. The molecule has 3 aromatic rings. The average Bonchev–Trinajstić information content (AvgIpc) is 2.68. The Morgan fingerprint density at radius 1 is 0.630 bits per heavy atom. The van der Waals surface area contributed by atoms with Crippen molar-refractivity contribution in [3.05, 3.63) is 89.0 Å². The Morgan fingerprint density at radius 3 is 1.59 bits per heavy atom. The maximum atomic E-state index is 12.7. The lowest BCUT2D eigenvalue weighted by atomic mass is 10.3. The predicted molar refractivity (Wildman–Crippen MR) is 96.9 cm³/mol. The SMILES string of the molecule is O=[N+]([O-])c1cc(S(=O)(=O)c2ccccc2)ccc1S(=O)(=O)c1ccccc1. The highest BCUT2D eigenvalue weighted by molar-refractivity contribution is 7.92. The molecule has 0 fully saturated rings. The van der Waals surface area contributed by atoms with Crippen LogP contribution in [0.25, 0.3) is 0 Å². The van der Waals surface area contributed by atoms with Crippen LogP contribution < -0.4 is 0 Å². The second-order valence-corrected chi connectivity index (χ2v) is 9.39. The monoisotopic (exact) mass is 403 g/mol. The van der Waals surface area contributed by atoms with Gasteiger partial charge in [-0.15, -0.1) is 0 Å². The predicted octanol–water partition coefficient (Wildman–Crippen LogP) is 3.26. The molecule has 27 heavy (non-hydrogen) atoms. The van der Waals surface area contributed by atoms with Gasteiger partial charge in [0.15, 0.2) is 0 Å². The molecule has 0 bridgehead atoms. The number of nitrogens with zero attached hydrogens (tertiary/aromatic N) is 1. The molecule has 0 amide bonds. The highest BCUT2D eigenvalue weighted by Crippen LogP contribution is 2.33. The van der Waals surface area contributed by atoms with E-state index in [0.29, 0.717) is 0 Å². The van der Waals surface area contributed by atoms with E-state index in [1.165, 1.54) is 48.5 Å². The molecule has 0 aromatic heterocycles. The molecule has 0 unspecified atom stereocenters. The maximum absolute atomic E-state index is 12.7. The first-order valence-electron chi connectivity index (χ1n) is 7.63. The lowest BCUT2D eigenvalue weighted by Crippen LogP contribution is -2.08. The third-order valence-corrected chi connectivity index (χ3v) is 7.42. The van der Waals surface area contributed by atoms with Crippen LogP contribution >= 0.6 is 0 Å². The molecule has 0 aliphatic rings. The Kier molecular flexibility index (Phi) is 4.81. The number of benzene rings is 3. The van der Waals surface area contributed by atoms with Gasteiger partial charge in [-0.25, -0.2) is 16.8 Å². The van der Waals surface area contributed by atoms with Gasteiger partial charge in [-0.3, -0.25) is 10.1 Å². The summed E-state index contributed by atoms with van der Waals surface area (Å²) in [7, 11) is -8.20. The molecule has 0 spiro atoms. The summed E-state index contributed by atoms with van der Waals surface area (Å²) in [5, 5.41) is 11.5. The normalized spacial score (nSPS) is 11.9. The van der Waals surface area contributed by atoms with Crippen LogP contribution in [0.2, 0.25) is 0 Å². The van der Waals surface area contributed by atoms with Crippen molar-refractivity contribution in [2.24, 2.45) is 0 Å². The Labute approximate surface area is 155 Å². The van der Waals surface area contributed by atoms with Gasteiger partial charge < -0.3 is 0 Å². The number of rotatable bonds is 5. The molecule has 0 saturated carbocycles. The zero-order chi connectivity index (χ0) is 19.7. The summed E-state index contributed by atoms with van der Waals surface area (Å²) in [6, 6.07) is 17.4. The molecule has 138 valence electrons. The smallest absolute Gasteiger partial charge is 0.258 e. The molecule has 3 rings (SSSR count). The number of nitro groups is 1. The summed E-state index contributed by atoms with van der Waals surface area (Å²) in [6.45, 7) is 0. The van der Waals surface area contributed by atoms with E-state index in [-0.39, 0.29) is 14.7 Å². The van der Waals surface area contributed by atoms with Crippen molar-refractivity contribution in [1.29, 1.82) is 0 Å². The van der Waals surface area contributed by atoms with E-state index in [0.717, 1.165) is 18.2 Å². The van der Waals surface area contributed by atoms with E-state index in [1.54, 1.807) is 12.1 Å². The zero-order valence-corrected chi connectivity index (χ0v) is 15.4. The Balaban J connectivity index is 2.20. The van der Waals surface area contributed by atoms with Gasteiger partial charge in [-0.05, 0) is 36.4 Å². The second kappa shape index (κ2) is 6.93. The Morgan fingerprint density at radius 2 is 1.11 bits per heavy atom. The minimum Gasteiger partial charge on any atom is -0.258 e. The summed E-state index contributed by atoms with van der Waals surface area (Å²) >= 11 is 0. The van der Waals surface area contributed by atoms with E-state index < -0.39 is 35.2 Å². The first-order valence-corrected chi connectivity index (χ1v) is 10.6. The van der Waals surface area contributed by atoms with Crippen molar-refractivity contribution >= 4 is 25.4 Å². The molecule has 0 atom stereocenters. The Hall–Kier alpha value is -3.04. The molecular formula is C18H13NO6S2. The van der Waals surface area contributed by atoms with Crippen molar-refractivity contribution in [3.8, 4) is 0 Å². The van der Waals surface area contributed by atoms with Crippen molar-refractivity contribution < 1.29 is 21.8 Å². The minimum atomic E-state index is -4.18. The van der Waals surface area contributed by atoms with Gasteiger partial charge in [0.1, 0.15) is 4.90 Å². The van der Waals surface area contributed by atoms with Crippen molar-refractivity contribution in [2.45, 2.75) is 19.6 Å².